The van der Waals surface area contributed by atoms with Crippen LogP contribution in [0.15, 0.2) is 18.2 Å². The number of hydrogen-bond donors (Lipinski definition) is 1. The maximum Gasteiger partial charge on any atom is 0.249 e. The molecule has 2 N–H and O–H groups in total. The molecule has 2 fully saturated rings. The van der Waals surface area contributed by atoms with E-state index in [1.807, 2.05) is 6.07 Å². The third-order valence-corrected chi connectivity index (χ3v) is 5.09. The number of nitriles is 1. The Morgan fingerprint density at radius 2 is 2.04 bits per heavy atom. The van der Waals surface area contributed by atoms with E-state index in [-0.39, 0.29) is 23.4 Å². The van der Waals surface area contributed by atoms with Crippen LogP contribution in [0.25, 0.3) is 0 Å². The predicted molar refractivity (Wildman–Crippen MR) is 85.8 cm³/mol. The summed E-state index contributed by atoms with van der Waals surface area (Å²) in [5, 5.41) is 10.4. The topological polar surface area (TPSA) is 79.3 Å². The van der Waals surface area contributed by atoms with Crippen molar-refractivity contribution >= 4 is 5.91 Å². The predicted octanol–water partition coefficient (Wildman–Crippen LogP) is 2.67. The SMILES string of the molecule is N#Cc1cc(F)cc([C@@H]2CCON2C(=O)C2CCC(CN)CC2)c1. The summed E-state index contributed by atoms with van der Waals surface area (Å²) in [5.74, 6) is -0.0503. The molecule has 24 heavy (non-hydrogen) atoms. The number of carbonyl (C=O) groups is 1. The monoisotopic (exact) mass is 331 g/mol. The first kappa shape index (κ1) is 16.9. The highest BCUT2D eigenvalue weighted by Gasteiger charge is 2.37. The quantitative estimate of drug-likeness (QED) is 0.923. The minimum Gasteiger partial charge on any atom is -0.330 e. The number of nitrogens with zero attached hydrogens (tertiary/aromatic N) is 2. The lowest BCUT2D eigenvalue weighted by atomic mass is 9.81. The Morgan fingerprint density at radius 1 is 1.29 bits per heavy atom. The van der Waals surface area contributed by atoms with Crippen LogP contribution in [0.2, 0.25) is 0 Å². The van der Waals surface area contributed by atoms with Crippen LogP contribution in [0, 0.1) is 29.0 Å². The Labute approximate surface area is 141 Å². The maximum atomic E-state index is 13.7. The average Bonchev–Trinajstić information content (AvgIpc) is 3.10. The highest BCUT2D eigenvalue weighted by Crippen LogP contribution is 2.36. The van der Waals surface area contributed by atoms with E-state index in [4.69, 9.17) is 15.8 Å². The lowest BCUT2D eigenvalue weighted by molar-refractivity contribution is -0.183. The Morgan fingerprint density at radius 3 is 2.71 bits per heavy atom. The number of amides is 1. The van der Waals surface area contributed by atoms with Gasteiger partial charge in [0.25, 0.3) is 0 Å². The zero-order valence-electron chi connectivity index (χ0n) is 13.6. The smallest absolute Gasteiger partial charge is 0.249 e. The second kappa shape index (κ2) is 7.29. The number of hydrogen-bond acceptors (Lipinski definition) is 4. The molecule has 1 amide bonds. The van der Waals surface area contributed by atoms with Gasteiger partial charge in [0.15, 0.2) is 0 Å². The zero-order valence-corrected chi connectivity index (χ0v) is 13.6. The van der Waals surface area contributed by atoms with Crippen LogP contribution < -0.4 is 5.73 Å². The number of halogens is 1. The minimum atomic E-state index is -0.466. The molecule has 1 aliphatic carbocycles. The summed E-state index contributed by atoms with van der Waals surface area (Å²) in [7, 11) is 0. The Kier molecular flexibility index (Phi) is 5.12. The molecule has 0 spiro atoms. The van der Waals surface area contributed by atoms with Crippen LogP contribution in [0.1, 0.15) is 49.3 Å². The summed E-state index contributed by atoms with van der Waals surface area (Å²) in [6.45, 7) is 1.09. The zero-order chi connectivity index (χ0) is 17.1. The number of benzene rings is 1. The van der Waals surface area contributed by atoms with Gasteiger partial charge in [-0.1, -0.05) is 0 Å². The van der Waals surface area contributed by atoms with E-state index in [1.165, 1.54) is 17.2 Å². The Bertz CT molecular complexity index is 650. The molecule has 1 aliphatic heterocycles. The van der Waals surface area contributed by atoms with Crippen LogP contribution in [-0.4, -0.2) is 24.1 Å². The van der Waals surface area contributed by atoms with Crippen molar-refractivity contribution in [3.8, 4) is 6.07 Å². The van der Waals surface area contributed by atoms with Gasteiger partial charge in [-0.15, -0.1) is 0 Å². The molecule has 6 heteroatoms. The Hall–Kier alpha value is -1.97. The summed E-state index contributed by atoms with van der Waals surface area (Å²) in [5.41, 5.74) is 6.58. The molecule has 1 saturated heterocycles. The molecule has 3 rings (SSSR count). The molecule has 0 radical (unpaired) electrons. The summed E-state index contributed by atoms with van der Waals surface area (Å²) in [6, 6.07) is 5.84. The van der Waals surface area contributed by atoms with Crippen molar-refractivity contribution in [3.63, 3.8) is 0 Å². The van der Waals surface area contributed by atoms with Crippen molar-refractivity contribution in [1.29, 1.82) is 5.26 Å². The molecular formula is C18H22FN3O2. The fourth-order valence-corrected chi connectivity index (χ4v) is 3.68. The van der Waals surface area contributed by atoms with E-state index < -0.39 is 5.82 Å². The first-order chi connectivity index (χ1) is 11.6. The highest BCUT2D eigenvalue weighted by atomic mass is 19.1. The van der Waals surface area contributed by atoms with Crippen LogP contribution in [0.3, 0.4) is 0 Å². The van der Waals surface area contributed by atoms with Gasteiger partial charge in [0.05, 0.1) is 24.3 Å². The number of rotatable bonds is 3. The first-order valence-corrected chi connectivity index (χ1v) is 8.49. The molecule has 1 aromatic carbocycles. The van der Waals surface area contributed by atoms with Crippen LogP contribution >= 0.6 is 0 Å². The van der Waals surface area contributed by atoms with Crippen molar-refractivity contribution < 1.29 is 14.0 Å². The van der Waals surface area contributed by atoms with E-state index in [1.54, 1.807) is 6.07 Å². The molecule has 1 heterocycles. The van der Waals surface area contributed by atoms with E-state index in [2.05, 4.69) is 0 Å². The molecule has 0 bridgehead atoms. The molecule has 0 unspecified atom stereocenters. The summed E-state index contributed by atoms with van der Waals surface area (Å²) in [4.78, 5) is 18.4. The van der Waals surface area contributed by atoms with Crippen molar-refractivity contribution in [2.75, 3.05) is 13.2 Å². The lowest BCUT2D eigenvalue weighted by Crippen LogP contribution is -2.37. The molecular weight excluding hydrogens is 309 g/mol. The molecule has 0 aromatic heterocycles. The van der Waals surface area contributed by atoms with E-state index in [0.717, 1.165) is 25.7 Å². The third kappa shape index (κ3) is 3.42. The number of nitrogens with two attached hydrogens (primary N) is 1. The van der Waals surface area contributed by atoms with Gasteiger partial charge in [-0.3, -0.25) is 9.63 Å². The van der Waals surface area contributed by atoms with Gasteiger partial charge in [-0.05, 0) is 61.9 Å². The van der Waals surface area contributed by atoms with Gasteiger partial charge in [0.1, 0.15) is 5.82 Å². The maximum absolute atomic E-state index is 13.7. The second-order valence-corrected chi connectivity index (χ2v) is 6.64. The van der Waals surface area contributed by atoms with E-state index >= 15 is 0 Å². The fraction of sp³-hybridized carbons (Fsp3) is 0.556. The van der Waals surface area contributed by atoms with Crippen molar-refractivity contribution in [2.24, 2.45) is 17.6 Å². The second-order valence-electron chi connectivity index (χ2n) is 6.64. The van der Waals surface area contributed by atoms with Gasteiger partial charge in [-0.25, -0.2) is 9.45 Å². The molecule has 2 aliphatic rings. The number of carbonyl (C=O) groups excluding carboxylic acids is 1. The standard InChI is InChI=1S/C18H22FN3O2/c19-16-8-13(11-21)7-15(9-16)17-5-6-24-22(17)18(23)14-3-1-12(10-20)2-4-14/h7-9,12,14,17H,1-6,10,20H2/t12?,14?,17-/m0/s1. The molecule has 1 atom stereocenters. The molecule has 128 valence electrons. The average molecular weight is 331 g/mol. The van der Waals surface area contributed by atoms with Gasteiger partial charge >= 0.3 is 0 Å². The minimum absolute atomic E-state index is 0.0317. The third-order valence-electron chi connectivity index (χ3n) is 5.09. The van der Waals surface area contributed by atoms with Gasteiger partial charge in [0, 0.05) is 12.3 Å². The summed E-state index contributed by atoms with van der Waals surface area (Å²) >= 11 is 0. The van der Waals surface area contributed by atoms with Crippen molar-refractivity contribution in [1.82, 2.24) is 5.06 Å². The largest absolute Gasteiger partial charge is 0.330 e. The van der Waals surface area contributed by atoms with Crippen molar-refractivity contribution in [3.05, 3.63) is 35.1 Å². The van der Waals surface area contributed by atoms with Gasteiger partial charge in [-0.2, -0.15) is 5.26 Å². The normalized spacial score (nSPS) is 27.0. The molecule has 1 saturated carbocycles. The van der Waals surface area contributed by atoms with Crippen LogP contribution in [0.5, 0.6) is 0 Å². The van der Waals surface area contributed by atoms with Crippen LogP contribution in [0.4, 0.5) is 4.39 Å². The molecule has 5 nitrogen and oxygen atoms in total. The lowest BCUT2D eigenvalue weighted by Gasteiger charge is -2.31. The van der Waals surface area contributed by atoms with E-state index in [9.17, 15) is 9.18 Å². The summed E-state index contributed by atoms with van der Waals surface area (Å²) < 4.78 is 13.7. The molecule has 1 aromatic rings. The van der Waals surface area contributed by atoms with E-state index in [0.29, 0.717) is 31.1 Å². The van der Waals surface area contributed by atoms with Crippen LogP contribution in [-0.2, 0) is 9.63 Å². The number of hydroxylamine groups is 2. The summed E-state index contributed by atoms with van der Waals surface area (Å²) in [6.07, 6.45) is 4.17. The van der Waals surface area contributed by atoms with Crippen molar-refractivity contribution in [2.45, 2.75) is 38.1 Å². The van der Waals surface area contributed by atoms with Gasteiger partial charge < -0.3 is 5.73 Å². The Balaban J connectivity index is 1.75. The fourth-order valence-electron chi connectivity index (χ4n) is 3.68. The highest BCUT2D eigenvalue weighted by molar-refractivity contribution is 5.78. The van der Waals surface area contributed by atoms with Gasteiger partial charge in [0.2, 0.25) is 5.91 Å². The first-order valence-electron chi connectivity index (χ1n) is 8.49.